The molecule has 0 unspecified atom stereocenters. The van der Waals surface area contributed by atoms with Crippen molar-refractivity contribution in [2.24, 2.45) is 5.92 Å². The summed E-state index contributed by atoms with van der Waals surface area (Å²) in [5.41, 5.74) is 4.23. The van der Waals surface area contributed by atoms with Gasteiger partial charge < -0.3 is 13.9 Å². The molecule has 0 saturated carbocycles. The Morgan fingerprint density at radius 2 is 1.46 bits per heavy atom. The van der Waals surface area contributed by atoms with Crippen molar-refractivity contribution >= 4 is 5.82 Å². The molecule has 0 N–H and O–H groups in total. The van der Waals surface area contributed by atoms with E-state index in [0.29, 0.717) is 42.4 Å². The summed E-state index contributed by atoms with van der Waals surface area (Å²) in [5.74, 6) is 3.81. The van der Waals surface area contributed by atoms with Crippen LogP contribution >= 0.6 is 0 Å². The van der Waals surface area contributed by atoms with Gasteiger partial charge in [0.15, 0.2) is 0 Å². The predicted octanol–water partition coefficient (Wildman–Crippen LogP) is 5.33. The Kier molecular flexibility index (Phi) is 7.14. The highest BCUT2D eigenvalue weighted by atomic mass is 16.5. The third-order valence-corrected chi connectivity index (χ3v) is 7.21. The first-order valence-corrected chi connectivity index (χ1v) is 13.3. The van der Waals surface area contributed by atoms with Gasteiger partial charge in [-0.1, -0.05) is 64.9 Å². The molecule has 0 aliphatic carbocycles. The number of nitrogens with zero attached hydrogens (tertiary/aromatic N) is 7. The lowest BCUT2D eigenvalue weighted by Gasteiger charge is -2.25. The number of hydrogen-bond donors (Lipinski definition) is 0. The molecule has 4 heterocycles. The second kappa shape index (κ2) is 11.2. The van der Waals surface area contributed by atoms with Gasteiger partial charge in [0.05, 0.1) is 13.1 Å². The zero-order valence-corrected chi connectivity index (χ0v) is 22.2. The van der Waals surface area contributed by atoms with Gasteiger partial charge in [-0.15, -0.1) is 0 Å². The molecular formula is C30H31N7O2. The van der Waals surface area contributed by atoms with Gasteiger partial charge in [-0.05, 0) is 56.0 Å². The third kappa shape index (κ3) is 5.73. The Bertz CT molecular complexity index is 1530. The van der Waals surface area contributed by atoms with E-state index in [4.69, 9.17) is 14.0 Å². The van der Waals surface area contributed by atoms with Gasteiger partial charge in [-0.3, -0.25) is 4.90 Å². The monoisotopic (exact) mass is 521 g/mol. The molecule has 9 heteroatoms. The molecule has 6 rings (SSSR count). The molecular weight excluding hydrogens is 490 g/mol. The number of likely N-dealkylation sites (tertiary alicyclic amines) is 1. The summed E-state index contributed by atoms with van der Waals surface area (Å²) in [6, 6.07) is 22.1. The first-order chi connectivity index (χ1) is 19.1. The normalized spacial score (nSPS) is 15.6. The van der Waals surface area contributed by atoms with Crippen molar-refractivity contribution in [1.29, 1.82) is 0 Å². The Hall–Kier alpha value is -4.37. The molecule has 0 bridgehead atoms. The molecule has 1 saturated heterocycles. The summed E-state index contributed by atoms with van der Waals surface area (Å²) in [4.78, 5) is 18.6. The molecule has 5 aromatic rings. The summed E-state index contributed by atoms with van der Waals surface area (Å²) in [5, 5.41) is 8.47. The predicted molar refractivity (Wildman–Crippen MR) is 148 cm³/mol. The highest BCUT2D eigenvalue weighted by molar-refractivity contribution is 5.59. The van der Waals surface area contributed by atoms with Crippen molar-refractivity contribution in [1.82, 2.24) is 30.2 Å². The van der Waals surface area contributed by atoms with Gasteiger partial charge in [0.25, 0.3) is 0 Å². The summed E-state index contributed by atoms with van der Waals surface area (Å²) in [6.07, 6.45) is 2.89. The molecule has 1 atom stereocenters. The highest BCUT2D eigenvalue weighted by Gasteiger charge is 2.27. The van der Waals surface area contributed by atoms with Crippen molar-refractivity contribution in [3.63, 3.8) is 0 Å². The SMILES string of the molecule is Cc1ccccc1-c1noc(CN2CC[C@@H](CN(Cc3nc(-c4ccccc4C)no3)c3ccccn3)C2)n1. The van der Waals surface area contributed by atoms with Crippen LogP contribution < -0.4 is 4.90 Å². The zero-order valence-electron chi connectivity index (χ0n) is 22.2. The van der Waals surface area contributed by atoms with Crippen LogP contribution in [0.4, 0.5) is 5.82 Å². The first-order valence-electron chi connectivity index (χ1n) is 13.3. The fraction of sp³-hybridized carbons (Fsp3) is 0.300. The molecule has 1 aliphatic rings. The van der Waals surface area contributed by atoms with Crippen molar-refractivity contribution in [3.8, 4) is 22.8 Å². The minimum Gasteiger partial charge on any atom is -0.347 e. The largest absolute Gasteiger partial charge is 0.347 e. The molecule has 9 nitrogen and oxygen atoms in total. The van der Waals surface area contributed by atoms with Gasteiger partial charge in [0.1, 0.15) is 5.82 Å². The van der Waals surface area contributed by atoms with E-state index in [1.807, 2.05) is 60.8 Å². The van der Waals surface area contributed by atoms with Crippen LogP contribution in [-0.2, 0) is 13.1 Å². The second-order valence-electron chi connectivity index (χ2n) is 10.1. The van der Waals surface area contributed by atoms with Crippen LogP contribution in [0.15, 0.2) is 82.0 Å². The second-order valence-corrected chi connectivity index (χ2v) is 10.1. The van der Waals surface area contributed by atoms with Crippen molar-refractivity contribution in [2.75, 3.05) is 24.5 Å². The Balaban J connectivity index is 1.12. The lowest BCUT2D eigenvalue weighted by molar-refractivity contribution is 0.260. The van der Waals surface area contributed by atoms with E-state index >= 15 is 0 Å². The van der Waals surface area contributed by atoms with Gasteiger partial charge in [-0.25, -0.2) is 4.98 Å². The van der Waals surface area contributed by atoms with Crippen LogP contribution in [0.3, 0.4) is 0 Å². The average molecular weight is 522 g/mol. The average Bonchev–Trinajstić information content (AvgIpc) is 3.72. The van der Waals surface area contributed by atoms with E-state index in [2.05, 4.69) is 56.1 Å². The molecule has 0 amide bonds. The standard InChI is InChI=1S/C30H31N7O2/c1-21-9-3-5-11-24(21)29-32-27(38-34-29)19-36-16-14-23(17-36)18-37(26-13-7-8-15-31-26)20-28-33-30(35-39-28)25-12-6-4-10-22(25)2/h3-13,15,23H,14,16-20H2,1-2H3/t23-/m1/s1. The lowest BCUT2D eigenvalue weighted by Crippen LogP contribution is -2.31. The van der Waals surface area contributed by atoms with Crippen molar-refractivity contribution < 1.29 is 9.05 Å². The topological polar surface area (TPSA) is 97.2 Å². The van der Waals surface area contributed by atoms with Gasteiger partial charge in [-0.2, -0.15) is 9.97 Å². The Morgan fingerprint density at radius 1 is 0.821 bits per heavy atom. The third-order valence-electron chi connectivity index (χ3n) is 7.21. The quantitative estimate of drug-likeness (QED) is 0.255. The number of aryl methyl sites for hydroxylation is 2. The number of aromatic nitrogens is 5. The maximum atomic E-state index is 5.67. The maximum Gasteiger partial charge on any atom is 0.246 e. The summed E-state index contributed by atoms with van der Waals surface area (Å²) in [6.45, 7) is 7.98. The summed E-state index contributed by atoms with van der Waals surface area (Å²) >= 11 is 0. The molecule has 3 aromatic heterocycles. The minimum atomic E-state index is 0.449. The van der Waals surface area contributed by atoms with Crippen LogP contribution in [-0.4, -0.2) is 49.8 Å². The summed E-state index contributed by atoms with van der Waals surface area (Å²) in [7, 11) is 0. The molecule has 1 fully saturated rings. The molecule has 0 radical (unpaired) electrons. The fourth-order valence-corrected chi connectivity index (χ4v) is 5.16. The van der Waals surface area contributed by atoms with E-state index in [9.17, 15) is 0 Å². The number of rotatable bonds is 9. The zero-order chi connectivity index (χ0) is 26.6. The van der Waals surface area contributed by atoms with Crippen LogP contribution in [0.5, 0.6) is 0 Å². The van der Waals surface area contributed by atoms with Crippen molar-refractivity contribution in [3.05, 3.63) is 95.8 Å². The maximum absolute atomic E-state index is 5.67. The van der Waals surface area contributed by atoms with E-state index in [-0.39, 0.29) is 0 Å². The first kappa shape index (κ1) is 24.9. The Morgan fingerprint density at radius 3 is 2.13 bits per heavy atom. The smallest absolute Gasteiger partial charge is 0.246 e. The molecule has 1 aliphatic heterocycles. The van der Waals surface area contributed by atoms with Crippen LogP contribution in [0, 0.1) is 19.8 Å². The molecule has 2 aromatic carbocycles. The minimum absolute atomic E-state index is 0.449. The Labute approximate surface area is 227 Å². The number of anilines is 1. The van der Waals surface area contributed by atoms with E-state index in [1.165, 1.54) is 0 Å². The van der Waals surface area contributed by atoms with Gasteiger partial charge in [0.2, 0.25) is 23.4 Å². The highest BCUT2D eigenvalue weighted by Crippen LogP contribution is 2.26. The van der Waals surface area contributed by atoms with E-state index in [1.54, 1.807) is 0 Å². The number of benzene rings is 2. The van der Waals surface area contributed by atoms with Gasteiger partial charge in [0, 0.05) is 30.4 Å². The van der Waals surface area contributed by atoms with Crippen LogP contribution in [0.1, 0.15) is 29.3 Å². The lowest BCUT2D eigenvalue weighted by atomic mass is 10.1. The van der Waals surface area contributed by atoms with Crippen LogP contribution in [0.25, 0.3) is 22.8 Å². The number of pyridine rings is 1. The molecule has 198 valence electrons. The van der Waals surface area contributed by atoms with Crippen molar-refractivity contribution in [2.45, 2.75) is 33.4 Å². The fourth-order valence-electron chi connectivity index (χ4n) is 5.16. The summed E-state index contributed by atoms with van der Waals surface area (Å²) < 4.78 is 11.3. The number of hydrogen-bond acceptors (Lipinski definition) is 9. The van der Waals surface area contributed by atoms with Crippen LogP contribution in [0.2, 0.25) is 0 Å². The van der Waals surface area contributed by atoms with Gasteiger partial charge >= 0.3 is 0 Å². The van der Waals surface area contributed by atoms with E-state index < -0.39 is 0 Å². The van der Waals surface area contributed by atoms with E-state index in [0.717, 1.165) is 54.1 Å². The molecule has 39 heavy (non-hydrogen) atoms. The molecule has 0 spiro atoms.